The Morgan fingerprint density at radius 3 is 2.36 bits per heavy atom. The summed E-state index contributed by atoms with van der Waals surface area (Å²) in [5, 5.41) is 8.89. The van der Waals surface area contributed by atoms with E-state index in [2.05, 4.69) is 4.72 Å². The minimum absolute atomic E-state index is 0.228. The van der Waals surface area contributed by atoms with Crippen LogP contribution in [0.3, 0.4) is 0 Å². The van der Waals surface area contributed by atoms with Gasteiger partial charge in [0.05, 0.1) is 11.9 Å². The number of rotatable bonds is 6. The van der Waals surface area contributed by atoms with Crippen molar-refractivity contribution >= 4 is 27.6 Å². The lowest BCUT2D eigenvalue weighted by atomic mass is 10.1. The summed E-state index contributed by atoms with van der Waals surface area (Å²) in [4.78, 5) is 24.5. The van der Waals surface area contributed by atoms with Gasteiger partial charge in [0.2, 0.25) is 10.0 Å². The van der Waals surface area contributed by atoms with Crippen molar-refractivity contribution in [3.8, 4) is 0 Å². The van der Waals surface area contributed by atoms with Crippen LogP contribution in [0, 0.1) is 6.92 Å². The number of nitrogens with one attached hydrogen (secondary N) is 1. The number of hydrogen-bond acceptors (Lipinski definition) is 4. The third kappa shape index (κ3) is 5.03. The van der Waals surface area contributed by atoms with Crippen molar-refractivity contribution in [2.45, 2.75) is 26.8 Å². The zero-order valence-corrected chi connectivity index (χ0v) is 13.8. The van der Waals surface area contributed by atoms with Crippen LogP contribution in [0.25, 0.3) is 0 Å². The smallest absolute Gasteiger partial charge is 0.323 e. The van der Waals surface area contributed by atoms with Crippen LogP contribution in [0.15, 0.2) is 18.2 Å². The normalized spacial score (nSPS) is 11.3. The number of sulfonamides is 1. The topological polar surface area (TPSA) is 104 Å². The lowest BCUT2D eigenvalue weighted by Gasteiger charge is -2.25. The molecule has 1 aromatic carbocycles. The summed E-state index contributed by atoms with van der Waals surface area (Å²) in [6, 6.07) is 4.27. The number of benzene rings is 1. The van der Waals surface area contributed by atoms with Gasteiger partial charge in [-0.25, -0.2) is 8.42 Å². The molecule has 0 aliphatic carbocycles. The van der Waals surface area contributed by atoms with E-state index in [-0.39, 0.29) is 11.6 Å². The Balaban J connectivity index is 3.17. The first kappa shape index (κ1) is 18.0. The molecule has 0 bridgehead atoms. The molecule has 0 unspecified atom stereocenters. The van der Waals surface area contributed by atoms with Crippen LogP contribution in [0.2, 0.25) is 0 Å². The highest BCUT2D eigenvalue weighted by molar-refractivity contribution is 7.92. The van der Waals surface area contributed by atoms with Crippen LogP contribution in [-0.4, -0.2) is 49.1 Å². The molecule has 0 fully saturated rings. The first-order valence-electron chi connectivity index (χ1n) is 6.62. The SMILES string of the molecule is Cc1ccc(C(=O)N(CC(=O)O)C(C)C)cc1NS(C)(=O)=O. The maximum absolute atomic E-state index is 12.4. The van der Waals surface area contributed by atoms with Crippen molar-refractivity contribution in [1.29, 1.82) is 0 Å². The van der Waals surface area contributed by atoms with Crippen molar-refractivity contribution < 1.29 is 23.1 Å². The molecule has 0 saturated heterocycles. The number of nitrogens with zero attached hydrogens (tertiary/aromatic N) is 1. The molecule has 0 radical (unpaired) electrons. The predicted molar refractivity (Wildman–Crippen MR) is 83.5 cm³/mol. The van der Waals surface area contributed by atoms with Crippen LogP contribution in [0.1, 0.15) is 29.8 Å². The average Bonchev–Trinajstić information content (AvgIpc) is 2.35. The summed E-state index contributed by atoms with van der Waals surface area (Å²) < 4.78 is 25.0. The van der Waals surface area contributed by atoms with Crippen LogP contribution in [-0.2, 0) is 14.8 Å². The molecule has 1 amide bonds. The quantitative estimate of drug-likeness (QED) is 0.819. The molecule has 22 heavy (non-hydrogen) atoms. The minimum atomic E-state index is -3.47. The number of carboxylic acids is 1. The fourth-order valence-electron chi connectivity index (χ4n) is 1.87. The molecule has 0 aromatic heterocycles. The van der Waals surface area contributed by atoms with E-state index in [4.69, 9.17) is 5.11 Å². The first-order chi connectivity index (χ1) is 10.0. The molecule has 7 nitrogen and oxygen atoms in total. The number of aliphatic carboxylic acids is 1. The number of carbonyl (C=O) groups is 2. The molecule has 1 rings (SSSR count). The lowest BCUT2D eigenvalue weighted by Crippen LogP contribution is -2.40. The predicted octanol–water partition coefficient (Wildman–Crippen LogP) is 1.30. The summed E-state index contributed by atoms with van der Waals surface area (Å²) in [6.45, 7) is 4.72. The monoisotopic (exact) mass is 328 g/mol. The molecular formula is C14H20N2O5S. The highest BCUT2D eigenvalue weighted by atomic mass is 32.2. The number of carboxylic acid groups (broad SMARTS) is 1. The van der Waals surface area contributed by atoms with E-state index in [1.54, 1.807) is 32.9 Å². The Labute approximate surface area is 130 Å². The fraction of sp³-hybridized carbons (Fsp3) is 0.429. The van der Waals surface area contributed by atoms with Gasteiger partial charge in [-0.1, -0.05) is 6.07 Å². The van der Waals surface area contributed by atoms with Crippen LogP contribution in [0.5, 0.6) is 0 Å². The molecule has 8 heteroatoms. The molecule has 122 valence electrons. The molecule has 0 saturated carbocycles. The number of hydrogen-bond donors (Lipinski definition) is 2. The third-order valence-electron chi connectivity index (χ3n) is 2.97. The molecule has 0 spiro atoms. The van der Waals surface area contributed by atoms with E-state index >= 15 is 0 Å². The van der Waals surface area contributed by atoms with Crippen LogP contribution < -0.4 is 4.72 Å². The van der Waals surface area contributed by atoms with E-state index < -0.39 is 28.4 Å². The van der Waals surface area contributed by atoms with Crippen molar-refractivity contribution in [2.75, 3.05) is 17.5 Å². The largest absolute Gasteiger partial charge is 0.480 e. The van der Waals surface area contributed by atoms with Gasteiger partial charge in [0.25, 0.3) is 5.91 Å². The molecule has 0 aliphatic rings. The van der Waals surface area contributed by atoms with Crippen molar-refractivity contribution in [1.82, 2.24) is 4.90 Å². The Hall–Kier alpha value is -2.09. The summed E-state index contributed by atoms with van der Waals surface area (Å²) in [7, 11) is -3.47. The number of aryl methyl sites for hydroxylation is 1. The van der Waals surface area contributed by atoms with E-state index in [1.165, 1.54) is 11.0 Å². The Morgan fingerprint density at radius 1 is 1.32 bits per heavy atom. The van der Waals surface area contributed by atoms with Gasteiger partial charge in [0.1, 0.15) is 6.54 Å². The summed E-state index contributed by atoms with van der Waals surface area (Å²) in [6.07, 6.45) is 1.02. The molecule has 0 heterocycles. The molecule has 0 aliphatic heterocycles. The van der Waals surface area contributed by atoms with Gasteiger partial charge >= 0.3 is 5.97 Å². The highest BCUT2D eigenvalue weighted by Gasteiger charge is 2.22. The van der Waals surface area contributed by atoms with E-state index in [9.17, 15) is 18.0 Å². The zero-order valence-electron chi connectivity index (χ0n) is 13.0. The van der Waals surface area contributed by atoms with Crippen molar-refractivity contribution in [2.24, 2.45) is 0 Å². The Morgan fingerprint density at radius 2 is 1.91 bits per heavy atom. The lowest BCUT2D eigenvalue weighted by molar-refractivity contribution is -0.138. The average molecular weight is 328 g/mol. The van der Waals surface area contributed by atoms with Gasteiger partial charge in [-0.2, -0.15) is 0 Å². The maximum atomic E-state index is 12.4. The first-order valence-corrected chi connectivity index (χ1v) is 8.51. The highest BCUT2D eigenvalue weighted by Crippen LogP contribution is 2.20. The standard InChI is InChI=1S/C14H20N2O5S/c1-9(2)16(8-13(17)18)14(19)11-6-5-10(3)12(7-11)15-22(4,20)21/h5-7,9,15H,8H2,1-4H3,(H,17,18). The Kier molecular flexibility index (Phi) is 5.54. The number of amides is 1. The minimum Gasteiger partial charge on any atom is -0.480 e. The summed E-state index contributed by atoms with van der Waals surface area (Å²) in [5.74, 6) is -1.57. The zero-order chi connectivity index (χ0) is 17.1. The van der Waals surface area contributed by atoms with E-state index in [0.29, 0.717) is 11.3 Å². The van der Waals surface area contributed by atoms with Gasteiger partial charge in [-0.15, -0.1) is 0 Å². The van der Waals surface area contributed by atoms with Crippen molar-refractivity contribution in [3.63, 3.8) is 0 Å². The van der Waals surface area contributed by atoms with Crippen LogP contribution in [0.4, 0.5) is 5.69 Å². The summed E-state index contributed by atoms with van der Waals surface area (Å²) >= 11 is 0. The van der Waals surface area contributed by atoms with E-state index in [0.717, 1.165) is 6.26 Å². The second-order valence-electron chi connectivity index (χ2n) is 5.32. The van der Waals surface area contributed by atoms with Crippen LogP contribution >= 0.6 is 0 Å². The third-order valence-corrected chi connectivity index (χ3v) is 3.56. The Bertz CT molecular complexity index is 682. The molecule has 0 atom stereocenters. The van der Waals surface area contributed by atoms with Gasteiger partial charge in [0.15, 0.2) is 0 Å². The van der Waals surface area contributed by atoms with E-state index in [1.807, 2.05) is 0 Å². The fourth-order valence-corrected chi connectivity index (χ4v) is 2.48. The maximum Gasteiger partial charge on any atom is 0.323 e. The van der Waals surface area contributed by atoms with Gasteiger partial charge < -0.3 is 10.0 Å². The molecule has 1 aromatic rings. The second kappa shape index (κ2) is 6.78. The van der Waals surface area contributed by atoms with Gasteiger partial charge in [0, 0.05) is 11.6 Å². The summed E-state index contributed by atoms with van der Waals surface area (Å²) in [5.41, 5.74) is 1.19. The van der Waals surface area contributed by atoms with Gasteiger partial charge in [-0.05, 0) is 38.5 Å². The number of carbonyl (C=O) groups excluding carboxylic acids is 1. The number of anilines is 1. The molecular weight excluding hydrogens is 308 g/mol. The molecule has 2 N–H and O–H groups in total. The second-order valence-corrected chi connectivity index (χ2v) is 7.07. The van der Waals surface area contributed by atoms with Crippen molar-refractivity contribution in [3.05, 3.63) is 29.3 Å². The van der Waals surface area contributed by atoms with Gasteiger partial charge in [-0.3, -0.25) is 14.3 Å².